The van der Waals surface area contributed by atoms with Gasteiger partial charge in [-0.2, -0.15) is 0 Å². The van der Waals surface area contributed by atoms with Crippen LogP contribution in [-0.2, 0) is 19.4 Å². The van der Waals surface area contributed by atoms with E-state index in [0.29, 0.717) is 0 Å². The van der Waals surface area contributed by atoms with Crippen molar-refractivity contribution in [2.45, 2.75) is 25.8 Å². The third kappa shape index (κ3) is 3.25. The van der Waals surface area contributed by atoms with E-state index >= 15 is 0 Å². The Morgan fingerprint density at radius 1 is 1.00 bits per heavy atom. The van der Waals surface area contributed by atoms with Crippen LogP contribution in [0.3, 0.4) is 0 Å². The summed E-state index contributed by atoms with van der Waals surface area (Å²) in [5, 5.41) is 0. The van der Waals surface area contributed by atoms with Crippen LogP contribution in [0.1, 0.15) is 23.2 Å². The number of fused-ring (bicyclic) bond motifs is 2. The van der Waals surface area contributed by atoms with Crippen LogP contribution in [0.15, 0.2) is 54.7 Å². The molecule has 3 nitrogen and oxygen atoms in total. The zero-order valence-electron chi connectivity index (χ0n) is 13.3. The van der Waals surface area contributed by atoms with Crippen molar-refractivity contribution in [1.29, 1.82) is 0 Å². The smallest absolute Gasteiger partial charge is 0.0890 e. The molecular weight excluding hydrogens is 282 g/mol. The predicted octanol–water partition coefficient (Wildman–Crippen LogP) is 3.62. The average Bonchev–Trinajstić information content (AvgIpc) is 2.61. The van der Waals surface area contributed by atoms with Gasteiger partial charge in [0.05, 0.1) is 11.0 Å². The van der Waals surface area contributed by atoms with E-state index in [0.717, 1.165) is 43.5 Å². The van der Waals surface area contributed by atoms with Crippen molar-refractivity contribution in [3.8, 4) is 0 Å². The molecule has 0 saturated heterocycles. The number of aromatic nitrogens is 2. The molecule has 1 aliphatic heterocycles. The van der Waals surface area contributed by atoms with Gasteiger partial charge in [-0.15, -0.1) is 0 Å². The monoisotopic (exact) mass is 303 g/mol. The molecule has 1 aliphatic rings. The third-order valence-corrected chi connectivity index (χ3v) is 4.59. The Kier molecular flexibility index (Phi) is 4.03. The lowest BCUT2D eigenvalue weighted by molar-refractivity contribution is 0.249. The largest absolute Gasteiger partial charge is 0.299 e. The maximum Gasteiger partial charge on any atom is 0.0890 e. The van der Waals surface area contributed by atoms with Crippen molar-refractivity contribution in [2.24, 2.45) is 0 Å². The zero-order valence-corrected chi connectivity index (χ0v) is 13.3. The molecule has 0 atom stereocenters. The summed E-state index contributed by atoms with van der Waals surface area (Å²) in [6.07, 6.45) is 5.25. The molecule has 0 amide bonds. The Morgan fingerprint density at radius 2 is 1.91 bits per heavy atom. The van der Waals surface area contributed by atoms with Gasteiger partial charge in [0.1, 0.15) is 0 Å². The highest BCUT2D eigenvalue weighted by Crippen LogP contribution is 2.21. The first kappa shape index (κ1) is 14.3. The molecule has 0 fully saturated rings. The molecule has 4 rings (SSSR count). The molecule has 3 heteroatoms. The van der Waals surface area contributed by atoms with Crippen LogP contribution < -0.4 is 0 Å². The molecule has 3 heterocycles. The van der Waals surface area contributed by atoms with E-state index in [4.69, 9.17) is 4.98 Å². The Morgan fingerprint density at radius 3 is 2.83 bits per heavy atom. The highest BCUT2D eigenvalue weighted by atomic mass is 15.1. The van der Waals surface area contributed by atoms with Crippen LogP contribution in [0.5, 0.6) is 0 Å². The molecule has 1 aromatic carbocycles. The first-order valence-electron chi connectivity index (χ1n) is 8.38. The quantitative estimate of drug-likeness (QED) is 0.737. The maximum atomic E-state index is 4.79. The average molecular weight is 303 g/mol. The second kappa shape index (κ2) is 6.47. The predicted molar refractivity (Wildman–Crippen MR) is 93.3 cm³/mol. The molecule has 3 aromatic rings. The van der Waals surface area contributed by atoms with Gasteiger partial charge in [-0.1, -0.05) is 30.3 Å². The third-order valence-electron chi connectivity index (χ3n) is 4.59. The summed E-state index contributed by atoms with van der Waals surface area (Å²) in [4.78, 5) is 11.8. The van der Waals surface area contributed by atoms with E-state index in [1.807, 2.05) is 12.3 Å². The fraction of sp³-hybridized carbons (Fsp3) is 0.300. The summed E-state index contributed by atoms with van der Waals surface area (Å²) >= 11 is 0. The lowest BCUT2D eigenvalue weighted by Crippen LogP contribution is -2.32. The number of benzene rings is 1. The number of aryl methyl sites for hydroxylation is 1. The number of rotatable bonds is 4. The van der Waals surface area contributed by atoms with Crippen molar-refractivity contribution < 1.29 is 0 Å². The van der Waals surface area contributed by atoms with E-state index < -0.39 is 0 Å². The molecule has 23 heavy (non-hydrogen) atoms. The van der Waals surface area contributed by atoms with Gasteiger partial charge in [0.2, 0.25) is 0 Å². The Labute approximate surface area is 137 Å². The van der Waals surface area contributed by atoms with E-state index in [1.165, 1.54) is 23.2 Å². The summed E-state index contributed by atoms with van der Waals surface area (Å²) in [7, 11) is 0. The SMILES string of the molecule is c1ccc(CCCN2CCc3nc4cccnc4cc3C2)cc1. The van der Waals surface area contributed by atoms with Gasteiger partial charge in [0.25, 0.3) is 0 Å². The molecule has 2 aromatic heterocycles. The number of hydrogen-bond acceptors (Lipinski definition) is 3. The minimum Gasteiger partial charge on any atom is -0.299 e. The maximum absolute atomic E-state index is 4.79. The summed E-state index contributed by atoms with van der Waals surface area (Å²) in [6.45, 7) is 3.26. The molecule has 0 spiro atoms. The van der Waals surface area contributed by atoms with Gasteiger partial charge in [-0.25, -0.2) is 0 Å². The highest BCUT2D eigenvalue weighted by Gasteiger charge is 2.17. The van der Waals surface area contributed by atoms with Gasteiger partial charge < -0.3 is 0 Å². The normalized spacial score (nSPS) is 14.8. The van der Waals surface area contributed by atoms with Crippen molar-refractivity contribution in [3.63, 3.8) is 0 Å². The second-order valence-corrected chi connectivity index (χ2v) is 6.25. The van der Waals surface area contributed by atoms with Crippen molar-refractivity contribution in [2.75, 3.05) is 13.1 Å². The topological polar surface area (TPSA) is 29.0 Å². The van der Waals surface area contributed by atoms with Gasteiger partial charge >= 0.3 is 0 Å². The molecule has 0 bridgehead atoms. The van der Waals surface area contributed by atoms with E-state index in [1.54, 1.807) is 0 Å². The first-order chi connectivity index (χ1) is 11.4. The van der Waals surface area contributed by atoms with Crippen LogP contribution in [0.2, 0.25) is 0 Å². The van der Waals surface area contributed by atoms with Crippen LogP contribution in [-0.4, -0.2) is 28.0 Å². The summed E-state index contributed by atoms with van der Waals surface area (Å²) < 4.78 is 0. The van der Waals surface area contributed by atoms with Crippen LogP contribution >= 0.6 is 0 Å². The Balaban J connectivity index is 1.41. The van der Waals surface area contributed by atoms with Gasteiger partial charge in [0.15, 0.2) is 0 Å². The van der Waals surface area contributed by atoms with E-state index in [-0.39, 0.29) is 0 Å². The van der Waals surface area contributed by atoms with Crippen molar-refractivity contribution >= 4 is 11.0 Å². The lowest BCUT2D eigenvalue weighted by Gasteiger charge is -2.28. The Bertz CT molecular complexity index is 798. The number of nitrogens with zero attached hydrogens (tertiary/aromatic N) is 3. The molecule has 116 valence electrons. The zero-order chi connectivity index (χ0) is 15.5. The molecule has 0 unspecified atom stereocenters. The highest BCUT2D eigenvalue weighted by molar-refractivity contribution is 5.74. The molecule has 0 saturated carbocycles. The Hall–Kier alpha value is -2.26. The van der Waals surface area contributed by atoms with E-state index in [2.05, 4.69) is 52.3 Å². The van der Waals surface area contributed by atoms with Gasteiger partial charge in [0, 0.05) is 31.4 Å². The fourth-order valence-corrected chi connectivity index (χ4v) is 3.36. The van der Waals surface area contributed by atoms with Gasteiger partial charge in [-0.3, -0.25) is 14.9 Å². The molecule has 0 radical (unpaired) electrons. The van der Waals surface area contributed by atoms with Crippen LogP contribution in [0, 0.1) is 0 Å². The standard InChI is InChI=1S/C20H21N3/c1-2-6-16(7-3-1)8-5-12-23-13-10-18-17(15-23)14-20-19(22-18)9-4-11-21-20/h1-4,6-7,9,11,14H,5,8,10,12-13,15H2. The first-order valence-corrected chi connectivity index (χ1v) is 8.38. The van der Waals surface area contributed by atoms with Crippen molar-refractivity contribution in [1.82, 2.24) is 14.9 Å². The molecular formula is C20H21N3. The number of pyridine rings is 2. The van der Waals surface area contributed by atoms with Gasteiger partial charge in [-0.05, 0) is 48.7 Å². The lowest BCUT2D eigenvalue weighted by atomic mass is 10.0. The minimum absolute atomic E-state index is 1.00. The summed E-state index contributed by atoms with van der Waals surface area (Å²) in [5.41, 5.74) is 6.06. The van der Waals surface area contributed by atoms with E-state index in [9.17, 15) is 0 Å². The molecule has 0 aliphatic carbocycles. The van der Waals surface area contributed by atoms with Crippen LogP contribution in [0.25, 0.3) is 11.0 Å². The molecule has 0 N–H and O–H groups in total. The minimum atomic E-state index is 1.00. The number of hydrogen-bond donors (Lipinski definition) is 0. The summed E-state index contributed by atoms with van der Waals surface area (Å²) in [6, 6.07) is 17.0. The second-order valence-electron chi connectivity index (χ2n) is 6.25. The van der Waals surface area contributed by atoms with Crippen LogP contribution in [0.4, 0.5) is 0 Å². The fourth-order valence-electron chi connectivity index (χ4n) is 3.36. The van der Waals surface area contributed by atoms with Crippen molar-refractivity contribution in [3.05, 3.63) is 71.5 Å². The summed E-state index contributed by atoms with van der Waals surface area (Å²) in [5.74, 6) is 0.